The number of aliphatic hydroxyl groups is 1. The van der Waals surface area contributed by atoms with Gasteiger partial charge in [0.2, 0.25) is 5.88 Å². The number of carbonyl (C=O) groups is 2. The molecule has 0 bridgehead atoms. The number of pyridine rings is 3. The van der Waals surface area contributed by atoms with Crippen LogP contribution in [0.4, 0.5) is 17.3 Å². The Morgan fingerprint density at radius 1 is 1.15 bits per heavy atom. The normalized spacial score (nSPS) is 14.6. The molecule has 0 fully saturated rings. The second-order valence-corrected chi connectivity index (χ2v) is 12.5. The van der Waals surface area contributed by atoms with Crippen molar-refractivity contribution in [2.24, 2.45) is 12.5 Å². The molecule has 5 heterocycles. The molecule has 2 amide bonds. The van der Waals surface area contributed by atoms with E-state index in [2.05, 4.69) is 50.9 Å². The molecule has 4 aromatic rings. The van der Waals surface area contributed by atoms with Gasteiger partial charge in [0.1, 0.15) is 29.6 Å². The maximum atomic E-state index is 13.8. The topological polar surface area (TPSA) is 144 Å². The fourth-order valence-corrected chi connectivity index (χ4v) is 6.38. The van der Waals surface area contributed by atoms with E-state index in [1.54, 1.807) is 61.6 Å². The number of ether oxygens (including phenoxy) is 1. The average Bonchev–Trinajstić information content (AvgIpc) is 3.53. The Labute approximate surface area is 272 Å². The average molecular weight is 636 g/mol. The molecule has 3 N–H and O–H groups in total. The lowest BCUT2D eigenvalue weighted by Crippen LogP contribution is -2.41. The highest BCUT2D eigenvalue weighted by atomic mass is 16.5. The standard InChI is InChI=1S/C35H37N7O5/c1-5-7-30(44)36-12-15-47-31-9-6-8-29(39-31)38-26-16-23(20-40(4)33(26)45)24-10-11-37-32(25(24)21-43)42-14-13-41-27(34(42)46)17-22-18-35(2,3)19-28(22)41/h6,8-11,16-17,20,43H,12-15,18-19,21H2,1-4H3,(H,36,44)(H,38,39). The largest absolute Gasteiger partial charge is 0.476 e. The maximum absolute atomic E-state index is 13.8. The number of nitrogens with one attached hydrogen (secondary N) is 2. The molecular weight excluding hydrogens is 598 g/mol. The van der Waals surface area contributed by atoms with Gasteiger partial charge in [-0.15, -0.1) is 0 Å². The molecule has 12 nitrogen and oxygen atoms in total. The van der Waals surface area contributed by atoms with Gasteiger partial charge >= 0.3 is 0 Å². The smallest absolute Gasteiger partial charge is 0.295 e. The molecule has 0 saturated carbocycles. The highest BCUT2D eigenvalue weighted by Gasteiger charge is 2.37. The third-order valence-corrected chi connectivity index (χ3v) is 8.43. The van der Waals surface area contributed by atoms with E-state index in [9.17, 15) is 19.5 Å². The summed E-state index contributed by atoms with van der Waals surface area (Å²) in [5.74, 6) is 5.50. The molecule has 0 radical (unpaired) electrons. The summed E-state index contributed by atoms with van der Waals surface area (Å²) < 4.78 is 9.24. The highest BCUT2D eigenvalue weighted by Crippen LogP contribution is 2.40. The van der Waals surface area contributed by atoms with Crippen molar-refractivity contribution in [1.29, 1.82) is 0 Å². The molecule has 0 aromatic carbocycles. The maximum Gasteiger partial charge on any atom is 0.295 e. The van der Waals surface area contributed by atoms with Crippen molar-refractivity contribution >= 4 is 29.1 Å². The molecule has 12 heteroatoms. The fraction of sp³-hybridized carbons (Fsp3) is 0.343. The van der Waals surface area contributed by atoms with Crippen molar-refractivity contribution < 1.29 is 19.4 Å². The van der Waals surface area contributed by atoms with Crippen molar-refractivity contribution in [3.05, 3.63) is 81.7 Å². The van der Waals surface area contributed by atoms with Gasteiger partial charge in [0, 0.05) is 55.4 Å². The molecule has 1 aliphatic carbocycles. The van der Waals surface area contributed by atoms with E-state index in [1.165, 1.54) is 15.8 Å². The van der Waals surface area contributed by atoms with E-state index >= 15 is 0 Å². The summed E-state index contributed by atoms with van der Waals surface area (Å²) in [7, 11) is 1.64. The molecule has 0 spiro atoms. The molecule has 4 aromatic heterocycles. The van der Waals surface area contributed by atoms with Crippen LogP contribution in [0, 0.1) is 17.3 Å². The van der Waals surface area contributed by atoms with Crippen LogP contribution < -0.4 is 25.8 Å². The van der Waals surface area contributed by atoms with E-state index in [0.29, 0.717) is 53.0 Å². The van der Waals surface area contributed by atoms with Crippen LogP contribution in [0.1, 0.15) is 48.1 Å². The van der Waals surface area contributed by atoms with Crippen molar-refractivity contribution in [3.63, 3.8) is 0 Å². The zero-order valence-electron chi connectivity index (χ0n) is 26.9. The number of aromatic nitrogens is 4. The first-order valence-electron chi connectivity index (χ1n) is 15.5. The van der Waals surface area contributed by atoms with Crippen LogP contribution >= 0.6 is 0 Å². The summed E-state index contributed by atoms with van der Waals surface area (Å²) in [4.78, 5) is 49.1. The summed E-state index contributed by atoms with van der Waals surface area (Å²) in [6, 6.07) is 10.6. The van der Waals surface area contributed by atoms with E-state index in [-0.39, 0.29) is 48.2 Å². The lowest BCUT2D eigenvalue weighted by molar-refractivity contribution is -0.115. The number of hydrogen-bond acceptors (Lipinski definition) is 8. The third kappa shape index (κ3) is 6.35. The Morgan fingerprint density at radius 2 is 1.98 bits per heavy atom. The van der Waals surface area contributed by atoms with Crippen LogP contribution in [0.5, 0.6) is 5.88 Å². The molecule has 242 valence electrons. The number of fused-ring (bicyclic) bond motifs is 3. The van der Waals surface area contributed by atoms with E-state index in [4.69, 9.17) is 4.74 Å². The second kappa shape index (κ2) is 12.8. The van der Waals surface area contributed by atoms with Gasteiger partial charge in [-0.25, -0.2) is 4.98 Å². The quantitative estimate of drug-likeness (QED) is 0.188. The van der Waals surface area contributed by atoms with E-state index < -0.39 is 0 Å². The van der Waals surface area contributed by atoms with E-state index in [0.717, 1.165) is 12.8 Å². The number of amides is 2. The van der Waals surface area contributed by atoms with Gasteiger partial charge in [-0.3, -0.25) is 19.3 Å². The molecule has 1 aliphatic heterocycles. The molecule has 2 aliphatic rings. The second-order valence-electron chi connectivity index (χ2n) is 12.5. The van der Waals surface area contributed by atoms with Crippen LogP contribution in [0.25, 0.3) is 11.1 Å². The molecule has 47 heavy (non-hydrogen) atoms. The van der Waals surface area contributed by atoms with Gasteiger partial charge in [0.05, 0.1) is 13.2 Å². The Hall–Kier alpha value is -5.41. The van der Waals surface area contributed by atoms with Crippen LogP contribution in [0.15, 0.2) is 53.6 Å². The fourth-order valence-electron chi connectivity index (χ4n) is 6.38. The minimum absolute atomic E-state index is 0.143. The van der Waals surface area contributed by atoms with Crippen molar-refractivity contribution in [2.75, 3.05) is 29.9 Å². The van der Waals surface area contributed by atoms with Gasteiger partial charge in [-0.2, -0.15) is 4.98 Å². The predicted octanol–water partition coefficient (Wildman–Crippen LogP) is 3.18. The van der Waals surface area contributed by atoms with E-state index in [1.807, 2.05) is 6.07 Å². The number of anilines is 3. The Kier molecular flexibility index (Phi) is 8.58. The lowest BCUT2D eigenvalue weighted by atomic mass is 9.90. The van der Waals surface area contributed by atoms with Gasteiger partial charge in [0.15, 0.2) is 0 Å². The predicted molar refractivity (Wildman–Crippen MR) is 178 cm³/mol. The zero-order valence-corrected chi connectivity index (χ0v) is 26.9. The third-order valence-electron chi connectivity index (χ3n) is 8.43. The number of aliphatic hydroxyl groups excluding tert-OH is 1. The van der Waals surface area contributed by atoms with Crippen molar-refractivity contribution in [3.8, 4) is 28.8 Å². The number of hydrogen-bond donors (Lipinski definition) is 3. The number of aryl methyl sites for hydroxylation is 1. The summed E-state index contributed by atoms with van der Waals surface area (Å²) in [5, 5.41) is 16.3. The van der Waals surface area contributed by atoms with Gasteiger partial charge < -0.3 is 29.6 Å². The summed E-state index contributed by atoms with van der Waals surface area (Å²) in [5.41, 5.74) is 5.06. The first-order chi connectivity index (χ1) is 22.6. The number of rotatable bonds is 9. The van der Waals surface area contributed by atoms with Crippen LogP contribution in [0.2, 0.25) is 0 Å². The minimum Gasteiger partial charge on any atom is -0.476 e. The van der Waals surface area contributed by atoms with Crippen LogP contribution in [-0.2, 0) is 37.8 Å². The lowest BCUT2D eigenvalue weighted by Gasteiger charge is -2.31. The Balaban J connectivity index is 1.25. The van der Waals surface area contributed by atoms with Crippen molar-refractivity contribution in [2.45, 2.75) is 46.8 Å². The zero-order chi connectivity index (χ0) is 33.3. The van der Waals surface area contributed by atoms with Gasteiger partial charge in [0.25, 0.3) is 17.4 Å². The summed E-state index contributed by atoms with van der Waals surface area (Å²) in [6.45, 7) is 7.25. The van der Waals surface area contributed by atoms with Crippen LogP contribution in [-0.4, -0.2) is 55.7 Å². The monoisotopic (exact) mass is 635 g/mol. The first-order valence-corrected chi connectivity index (χ1v) is 15.5. The molecular formula is C35H37N7O5. The summed E-state index contributed by atoms with van der Waals surface area (Å²) >= 11 is 0. The Bertz CT molecular complexity index is 2000. The molecule has 0 atom stereocenters. The summed E-state index contributed by atoms with van der Waals surface area (Å²) in [6.07, 6.45) is 5.18. The van der Waals surface area contributed by atoms with Crippen molar-refractivity contribution in [1.82, 2.24) is 24.4 Å². The number of nitrogens with zero attached hydrogens (tertiary/aromatic N) is 5. The van der Waals surface area contributed by atoms with Crippen LogP contribution in [0.3, 0.4) is 0 Å². The SMILES string of the molecule is CC#CC(=O)NCCOc1cccc(Nc2cc(-c3ccnc(N4CCn5c(cc6c5CC(C)(C)C6)C4=O)c3CO)cn(C)c2=O)n1. The minimum atomic E-state index is -0.384. The molecule has 6 rings (SSSR count). The number of carbonyl (C=O) groups excluding carboxylic acids is 2. The first kappa shape index (κ1) is 31.6. The molecule has 0 unspecified atom stereocenters. The highest BCUT2D eigenvalue weighted by molar-refractivity contribution is 6.06. The Morgan fingerprint density at radius 3 is 2.77 bits per heavy atom. The van der Waals surface area contributed by atoms with Gasteiger partial charge in [-0.1, -0.05) is 25.8 Å². The van der Waals surface area contributed by atoms with Gasteiger partial charge in [-0.05, 0) is 66.5 Å². The molecule has 0 saturated heterocycles.